The van der Waals surface area contributed by atoms with Crippen LogP contribution in [0.5, 0.6) is 5.75 Å². The number of methoxy groups -OCH3 is 1. The Kier molecular flexibility index (Phi) is 6.96. The molecule has 0 fully saturated rings. The minimum Gasteiger partial charge on any atom is -0.496 e. The lowest BCUT2D eigenvalue weighted by molar-refractivity contribution is 0.128. The second kappa shape index (κ2) is 8.22. The van der Waals surface area contributed by atoms with Crippen LogP contribution in [0.15, 0.2) is 18.2 Å². The fourth-order valence-corrected chi connectivity index (χ4v) is 2.58. The van der Waals surface area contributed by atoms with Gasteiger partial charge in [0.2, 0.25) is 0 Å². The minimum atomic E-state index is -0.844. The Hall–Kier alpha value is -1.13. The van der Waals surface area contributed by atoms with Crippen molar-refractivity contribution >= 4 is 0 Å². The van der Waals surface area contributed by atoms with Gasteiger partial charge in [-0.3, -0.25) is 0 Å². The predicted molar refractivity (Wildman–Crippen MR) is 79.5 cm³/mol. The summed E-state index contributed by atoms with van der Waals surface area (Å²) >= 11 is 0. The van der Waals surface area contributed by atoms with Gasteiger partial charge in [-0.2, -0.15) is 0 Å². The number of halogens is 1. The third kappa shape index (κ3) is 4.18. The number of nitrogens with zero attached hydrogens (tertiary/aromatic N) is 1. The standard InChI is InChI=1S/C16H26FNO2/c1-5-12(6-2)18(3)11-10-14(19)16-13(17)8-7-9-15(16)20-4/h7-9,12,14,19H,5-6,10-11H2,1-4H3. The zero-order valence-corrected chi connectivity index (χ0v) is 12.9. The molecule has 20 heavy (non-hydrogen) atoms. The van der Waals surface area contributed by atoms with Crippen molar-refractivity contribution in [3.63, 3.8) is 0 Å². The van der Waals surface area contributed by atoms with E-state index in [1.807, 2.05) is 7.05 Å². The van der Waals surface area contributed by atoms with E-state index in [0.29, 0.717) is 18.2 Å². The Labute approximate surface area is 121 Å². The van der Waals surface area contributed by atoms with Crippen LogP contribution in [0.4, 0.5) is 4.39 Å². The molecule has 1 atom stereocenters. The van der Waals surface area contributed by atoms with Gasteiger partial charge in [-0.15, -0.1) is 0 Å². The fourth-order valence-electron chi connectivity index (χ4n) is 2.58. The highest BCUT2D eigenvalue weighted by molar-refractivity contribution is 5.36. The molecule has 0 saturated carbocycles. The van der Waals surface area contributed by atoms with Crippen molar-refractivity contribution in [2.24, 2.45) is 0 Å². The Balaban J connectivity index is 2.70. The maximum Gasteiger partial charge on any atom is 0.132 e. The predicted octanol–water partition coefficient (Wildman–Crippen LogP) is 3.38. The zero-order chi connectivity index (χ0) is 15.1. The van der Waals surface area contributed by atoms with E-state index >= 15 is 0 Å². The molecule has 0 radical (unpaired) electrons. The van der Waals surface area contributed by atoms with Crippen molar-refractivity contribution in [3.05, 3.63) is 29.6 Å². The first-order valence-corrected chi connectivity index (χ1v) is 7.25. The maximum absolute atomic E-state index is 13.8. The first kappa shape index (κ1) is 16.9. The van der Waals surface area contributed by atoms with Crippen LogP contribution in [0, 0.1) is 5.82 Å². The Bertz CT molecular complexity index is 407. The van der Waals surface area contributed by atoms with Crippen molar-refractivity contribution < 1.29 is 14.2 Å². The summed E-state index contributed by atoms with van der Waals surface area (Å²) in [5, 5.41) is 10.2. The molecular formula is C16H26FNO2. The average molecular weight is 283 g/mol. The Morgan fingerprint density at radius 3 is 2.50 bits per heavy atom. The molecule has 0 bridgehead atoms. The van der Waals surface area contributed by atoms with Crippen LogP contribution in [0.1, 0.15) is 44.8 Å². The minimum absolute atomic E-state index is 0.257. The Morgan fingerprint density at radius 1 is 1.30 bits per heavy atom. The van der Waals surface area contributed by atoms with Crippen molar-refractivity contribution in [2.45, 2.75) is 45.3 Å². The summed E-state index contributed by atoms with van der Waals surface area (Å²) in [6.45, 7) is 5.03. The molecule has 0 amide bonds. The number of aliphatic hydroxyl groups is 1. The number of ether oxygens (including phenoxy) is 1. The van der Waals surface area contributed by atoms with Gasteiger partial charge in [0.25, 0.3) is 0 Å². The molecule has 0 heterocycles. The first-order valence-electron chi connectivity index (χ1n) is 7.25. The van der Waals surface area contributed by atoms with E-state index in [1.54, 1.807) is 12.1 Å². The SMILES string of the molecule is CCC(CC)N(C)CCC(O)c1c(F)cccc1OC. The number of aliphatic hydroxyl groups excluding tert-OH is 1. The van der Waals surface area contributed by atoms with E-state index in [4.69, 9.17) is 4.74 Å². The molecule has 1 unspecified atom stereocenters. The van der Waals surface area contributed by atoms with E-state index in [1.165, 1.54) is 13.2 Å². The van der Waals surface area contributed by atoms with Crippen LogP contribution in [0.3, 0.4) is 0 Å². The van der Waals surface area contributed by atoms with E-state index in [2.05, 4.69) is 18.7 Å². The quantitative estimate of drug-likeness (QED) is 0.794. The first-order chi connectivity index (χ1) is 9.54. The summed E-state index contributed by atoms with van der Waals surface area (Å²) in [6, 6.07) is 5.11. The summed E-state index contributed by atoms with van der Waals surface area (Å²) in [4.78, 5) is 2.22. The largest absolute Gasteiger partial charge is 0.496 e. The molecule has 1 rings (SSSR count). The van der Waals surface area contributed by atoms with E-state index in [9.17, 15) is 9.50 Å². The third-order valence-electron chi connectivity index (χ3n) is 3.89. The van der Waals surface area contributed by atoms with Gasteiger partial charge >= 0.3 is 0 Å². The van der Waals surface area contributed by atoms with Crippen LogP contribution in [0.2, 0.25) is 0 Å². The lowest BCUT2D eigenvalue weighted by Crippen LogP contribution is -2.32. The molecule has 0 aliphatic rings. The van der Waals surface area contributed by atoms with Crippen molar-refractivity contribution in [1.29, 1.82) is 0 Å². The lowest BCUT2D eigenvalue weighted by Gasteiger charge is -2.27. The summed E-state index contributed by atoms with van der Waals surface area (Å²) in [6.07, 6.45) is 1.80. The lowest BCUT2D eigenvalue weighted by atomic mass is 10.0. The van der Waals surface area contributed by atoms with Crippen LogP contribution in [-0.4, -0.2) is 36.8 Å². The molecular weight excluding hydrogens is 257 g/mol. The maximum atomic E-state index is 13.8. The number of rotatable bonds is 8. The van der Waals surface area contributed by atoms with Crippen molar-refractivity contribution in [2.75, 3.05) is 20.7 Å². The highest BCUT2D eigenvalue weighted by atomic mass is 19.1. The summed E-state index contributed by atoms with van der Waals surface area (Å²) in [5.74, 6) is -0.00952. The van der Waals surface area contributed by atoms with E-state index < -0.39 is 11.9 Å². The van der Waals surface area contributed by atoms with Gasteiger partial charge in [-0.1, -0.05) is 19.9 Å². The monoisotopic (exact) mass is 283 g/mol. The van der Waals surface area contributed by atoms with Crippen LogP contribution >= 0.6 is 0 Å². The average Bonchev–Trinajstić information content (AvgIpc) is 2.45. The topological polar surface area (TPSA) is 32.7 Å². The normalized spacial score (nSPS) is 13.0. The van der Waals surface area contributed by atoms with E-state index in [-0.39, 0.29) is 5.56 Å². The molecule has 3 nitrogen and oxygen atoms in total. The molecule has 0 spiro atoms. The summed E-state index contributed by atoms with van der Waals surface area (Å²) in [5.41, 5.74) is 0.257. The third-order valence-corrected chi connectivity index (χ3v) is 3.89. The van der Waals surface area contributed by atoms with Gasteiger partial charge in [0, 0.05) is 12.6 Å². The fraction of sp³-hybridized carbons (Fsp3) is 0.625. The van der Waals surface area contributed by atoms with Gasteiger partial charge in [-0.25, -0.2) is 4.39 Å². The van der Waals surface area contributed by atoms with Crippen molar-refractivity contribution in [1.82, 2.24) is 4.90 Å². The summed E-state index contributed by atoms with van der Waals surface area (Å²) in [7, 11) is 3.53. The van der Waals surface area contributed by atoms with Crippen LogP contribution < -0.4 is 4.74 Å². The second-order valence-electron chi connectivity index (χ2n) is 5.11. The van der Waals surface area contributed by atoms with Gasteiger partial charge in [0.05, 0.1) is 18.8 Å². The van der Waals surface area contributed by atoms with Gasteiger partial charge < -0.3 is 14.7 Å². The Morgan fingerprint density at radius 2 is 1.95 bits per heavy atom. The summed E-state index contributed by atoms with van der Waals surface area (Å²) < 4.78 is 19.0. The molecule has 114 valence electrons. The molecule has 1 N–H and O–H groups in total. The molecule has 1 aromatic carbocycles. The van der Waals surface area contributed by atoms with Gasteiger partial charge in [0.15, 0.2) is 0 Å². The van der Waals surface area contributed by atoms with E-state index in [0.717, 1.165) is 19.4 Å². The molecule has 1 aromatic rings. The molecule has 0 aliphatic carbocycles. The highest BCUT2D eigenvalue weighted by Gasteiger charge is 2.19. The molecule has 0 saturated heterocycles. The number of hydrogen-bond acceptors (Lipinski definition) is 3. The van der Waals surface area contributed by atoms with Crippen LogP contribution in [0.25, 0.3) is 0 Å². The number of hydrogen-bond donors (Lipinski definition) is 1. The van der Waals surface area contributed by atoms with Gasteiger partial charge in [0.1, 0.15) is 11.6 Å². The van der Waals surface area contributed by atoms with Gasteiger partial charge in [-0.05, 0) is 38.4 Å². The van der Waals surface area contributed by atoms with Crippen molar-refractivity contribution in [3.8, 4) is 5.75 Å². The zero-order valence-electron chi connectivity index (χ0n) is 12.9. The number of benzene rings is 1. The molecule has 4 heteroatoms. The molecule has 0 aliphatic heterocycles. The second-order valence-corrected chi connectivity index (χ2v) is 5.11. The van der Waals surface area contributed by atoms with Crippen LogP contribution in [-0.2, 0) is 0 Å². The smallest absolute Gasteiger partial charge is 0.132 e. The highest BCUT2D eigenvalue weighted by Crippen LogP contribution is 2.30. The molecule has 0 aromatic heterocycles.